The van der Waals surface area contributed by atoms with Gasteiger partial charge < -0.3 is 0 Å². The Hall–Kier alpha value is -0.370. The van der Waals surface area contributed by atoms with Crippen LogP contribution in [0.15, 0.2) is 0 Å². The lowest BCUT2D eigenvalue weighted by molar-refractivity contribution is 0.588. The topological polar surface area (TPSA) is 12.9 Å². The average molecular weight is 183 g/mol. The number of aryl methyl sites for hydroxylation is 3. The molecule has 2 heteroatoms. The molecule has 0 atom stereocenters. The molecule has 1 aromatic rings. The predicted molar refractivity (Wildman–Crippen MR) is 54.7 cm³/mol. The van der Waals surface area contributed by atoms with Crippen molar-refractivity contribution in [1.82, 2.24) is 4.98 Å². The molecule has 12 heavy (non-hydrogen) atoms. The van der Waals surface area contributed by atoms with Gasteiger partial charge in [0.2, 0.25) is 0 Å². The first kappa shape index (κ1) is 9.72. The van der Waals surface area contributed by atoms with Gasteiger partial charge in [0.1, 0.15) is 0 Å². The molecule has 1 aromatic heterocycles. The van der Waals surface area contributed by atoms with Gasteiger partial charge in [-0.15, -0.1) is 11.3 Å². The summed E-state index contributed by atoms with van der Waals surface area (Å²) >= 11 is 1.85. The van der Waals surface area contributed by atoms with E-state index in [2.05, 4.69) is 32.7 Å². The van der Waals surface area contributed by atoms with E-state index >= 15 is 0 Å². The molecule has 0 unspecified atom stereocenters. The van der Waals surface area contributed by atoms with Crippen LogP contribution < -0.4 is 0 Å². The highest BCUT2D eigenvalue weighted by molar-refractivity contribution is 7.11. The van der Waals surface area contributed by atoms with Gasteiger partial charge in [-0.2, -0.15) is 0 Å². The summed E-state index contributed by atoms with van der Waals surface area (Å²) in [6.45, 7) is 8.72. The third kappa shape index (κ3) is 2.59. The first-order valence-corrected chi connectivity index (χ1v) is 5.34. The van der Waals surface area contributed by atoms with Crippen LogP contribution in [-0.4, -0.2) is 4.98 Å². The second kappa shape index (κ2) is 4.04. The van der Waals surface area contributed by atoms with E-state index in [9.17, 15) is 0 Å². The summed E-state index contributed by atoms with van der Waals surface area (Å²) in [6.07, 6.45) is 2.48. The quantitative estimate of drug-likeness (QED) is 0.700. The molecule has 1 heterocycles. The van der Waals surface area contributed by atoms with Crippen LogP contribution in [0.1, 0.15) is 35.8 Å². The largest absolute Gasteiger partial charge is 0.247 e. The number of thiazole rings is 1. The maximum absolute atomic E-state index is 4.41. The third-order valence-corrected chi connectivity index (χ3v) is 3.08. The first-order chi connectivity index (χ1) is 5.59. The molecule has 0 saturated carbocycles. The summed E-state index contributed by atoms with van der Waals surface area (Å²) < 4.78 is 0. The second-order valence-corrected chi connectivity index (χ2v) is 4.96. The van der Waals surface area contributed by atoms with Gasteiger partial charge in [-0.25, -0.2) is 4.98 Å². The molecule has 0 N–H and O–H groups in total. The number of nitrogens with zero attached hydrogens (tertiary/aromatic N) is 1. The molecule has 0 aromatic carbocycles. The van der Waals surface area contributed by atoms with Crippen molar-refractivity contribution >= 4 is 11.3 Å². The molecule has 0 aliphatic rings. The molecule has 0 bridgehead atoms. The van der Waals surface area contributed by atoms with E-state index in [0.29, 0.717) is 0 Å². The Labute approximate surface area is 78.8 Å². The normalized spacial score (nSPS) is 11.1. The SMILES string of the molecule is Cc1nc(C)c(CCC(C)C)s1. The van der Waals surface area contributed by atoms with Gasteiger partial charge in [0, 0.05) is 4.88 Å². The third-order valence-electron chi connectivity index (χ3n) is 1.95. The van der Waals surface area contributed by atoms with Crippen LogP contribution in [0.5, 0.6) is 0 Å². The maximum Gasteiger partial charge on any atom is 0.0900 e. The predicted octanol–water partition coefficient (Wildman–Crippen LogP) is 3.35. The molecular formula is C10H17NS. The standard InChI is InChI=1S/C10H17NS/c1-7(2)5-6-10-8(3)11-9(4)12-10/h7H,5-6H2,1-4H3. The molecule has 1 nitrogen and oxygen atoms in total. The van der Waals surface area contributed by atoms with Gasteiger partial charge >= 0.3 is 0 Å². The van der Waals surface area contributed by atoms with Crippen molar-refractivity contribution in [3.8, 4) is 0 Å². The van der Waals surface area contributed by atoms with Crippen molar-refractivity contribution in [1.29, 1.82) is 0 Å². The van der Waals surface area contributed by atoms with E-state index in [1.54, 1.807) is 0 Å². The van der Waals surface area contributed by atoms with Crippen molar-refractivity contribution in [2.45, 2.75) is 40.5 Å². The summed E-state index contributed by atoms with van der Waals surface area (Å²) in [7, 11) is 0. The monoisotopic (exact) mass is 183 g/mol. The highest BCUT2D eigenvalue weighted by atomic mass is 32.1. The minimum Gasteiger partial charge on any atom is -0.247 e. The van der Waals surface area contributed by atoms with Gasteiger partial charge in [0.25, 0.3) is 0 Å². The Kier molecular flexibility index (Phi) is 3.27. The molecule has 0 saturated heterocycles. The zero-order chi connectivity index (χ0) is 9.14. The van der Waals surface area contributed by atoms with Crippen LogP contribution in [0.2, 0.25) is 0 Å². The van der Waals surface area contributed by atoms with Crippen LogP contribution in [0.3, 0.4) is 0 Å². The summed E-state index contributed by atoms with van der Waals surface area (Å²) in [6, 6.07) is 0. The molecule has 0 aliphatic carbocycles. The molecule has 0 amide bonds. The molecule has 68 valence electrons. The van der Waals surface area contributed by atoms with Crippen molar-refractivity contribution in [3.05, 3.63) is 15.6 Å². The number of aromatic nitrogens is 1. The van der Waals surface area contributed by atoms with E-state index in [4.69, 9.17) is 0 Å². The minimum absolute atomic E-state index is 0.798. The molecular weight excluding hydrogens is 166 g/mol. The maximum atomic E-state index is 4.41. The van der Waals surface area contributed by atoms with Crippen LogP contribution in [0.4, 0.5) is 0 Å². The van der Waals surface area contributed by atoms with Crippen molar-refractivity contribution < 1.29 is 0 Å². The van der Waals surface area contributed by atoms with Crippen molar-refractivity contribution in [3.63, 3.8) is 0 Å². The van der Waals surface area contributed by atoms with E-state index in [1.165, 1.54) is 28.4 Å². The number of rotatable bonds is 3. The van der Waals surface area contributed by atoms with Gasteiger partial charge in [-0.05, 0) is 32.6 Å². The molecule has 0 fully saturated rings. The van der Waals surface area contributed by atoms with Crippen molar-refractivity contribution in [2.24, 2.45) is 5.92 Å². The lowest BCUT2D eigenvalue weighted by Crippen LogP contribution is -1.91. The smallest absolute Gasteiger partial charge is 0.0900 e. The van der Waals surface area contributed by atoms with E-state index in [0.717, 1.165) is 5.92 Å². The summed E-state index contributed by atoms with van der Waals surface area (Å²) in [4.78, 5) is 5.88. The zero-order valence-corrected chi connectivity index (χ0v) is 9.16. The fourth-order valence-corrected chi connectivity index (χ4v) is 2.18. The Morgan fingerprint density at radius 2 is 2.00 bits per heavy atom. The minimum atomic E-state index is 0.798. The average Bonchev–Trinajstić information content (AvgIpc) is 2.26. The lowest BCUT2D eigenvalue weighted by atomic mass is 10.1. The Balaban J connectivity index is 2.57. The number of hydrogen-bond acceptors (Lipinski definition) is 2. The van der Waals surface area contributed by atoms with Gasteiger partial charge in [0.15, 0.2) is 0 Å². The highest BCUT2D eigenvalue weighted by Crippen LogP contribution is 2.20. The van der Waals surface area contributed by atoms with E-state index in [-0.39, 0.29) is 0 Å². The van der Waals surface area contributed by atoms with Crippen LogP contribution in [-0.2, 0) is 6.42 Å². The molecule has 0 aliphatic heterocycles. The Morgan fingerprint density at radius 3 is 2.42 bits per heavy atom. The Bertz CT molecular complexity index is 250. The fourth-order valence-electron chi connectivity index (χ4n) is 1.23. The summed E-state index contributed by atoms with van der Waals surface area (Å²) in [5.41, 5.74) is 1.23. The zero-order valence-electron chi connectivity index (χ0n) is 8.35. The highest BCUT2D eigenvalue weighted by Gasteiger charge is 2.04. The van der Waals surface area contributed by atoms with E-state index in [1.807, 2.05) is 11.3 Å². The summed E-state index contributed by atoms with van der Waals surface area (Å²) in [5.74, 6) is 0.798. The van der Waals surface area contributed by atoms with Crippen LogP contribution in [0.25, 0.3) is 0 Å². The van der Waals surface area contributed by atoms with Crippen LogP contribution >= 0.6 is 11.3 Å². The molecule has 0 spiro atoms. The first-order valence-electron chi connectivity index (χ1n) is 4.52. The lowest BCUT2D eigenvalue weighted by Gasteiger charge is -2.01. The molecule has 1 rings (SSSR count). The van der Waals surface area contributed by atoms with Crippen molar-refractivity contribution in [2.75, 3.05) is 0 Å². The Morgan fingerprint density at radius 1 is 1.33 bits per heavy atom. The molecule has 0 radical (unpaired) electrons. The second-order valence-electron chi connectivity index (χ2n) is 3.67. The van der Waals surface area contributed by atoms with E-state index < -0.39 is 0 Å². The van der Waals surface area contributed by atoms with Gasteiger partial charge in [-0.3, -0.25) is 0 Å². The van der Waals surface area contributed by atoms with Crippen LogP contribution in [0, 0.1) is 19.8 Å². The van der Waals surface area contributed by atoms with Gasteiger partial charge in [0.05, 0.1) is 10.7 Å². The fraction of sp³-hybridized carbons (Fsp3) is 0.700. The van der Waals surface area contributed by atoms with Gasteiger partial charge in [-0.1, -0.05) is 13.8 Å². The number of hydrogen-bond donors (Lipinski definition) is 0. The summed E-state index contributed by atoms with van der Waals surface area (Å²) in [5, 5.41) is 1.20.